The van der Waals surface area contributed by atoms with Crippen LogP contribution in [0.4, 0.5) is 5.69 Å². The SMILES string of the molecule is Cc1ccc2c(Cl)c(C(=O)Oc3ccc(Br)cc3/C=C3/N=C(c4sc5cc([N+](=O)[O-])ccc5c4Cl)OC3=O)sc2c1. The van der Waals surface area contributed by atoms with E-state index in [1.54, 1.807) is 18.2 Å². The number of halogens is 3. The first kappa shape index (κ1) is 27.6. The first-order valence-electron chi connectivity index (χ1n) is 11.7. The number of ether oxygens (including phenoxy) is 2. The number of nitro groups is 1. The third-order valence-electron chi connectivity index (χ3n) is 6.08. The molecule has 13 heteroatoms. The van der Waals surface area contributed by atoms with Gasteiger partial charge in [0.05, 0.1) is 15.0 Å². The Labute approximate surface area is 257 Å². The number of carbonyl (C=O) groups excluding carboxylic acids is 2. The summed E-state index contributed by atoms with van der Waals surface area (Å²) in [7, 11) is 0. The summed E-state index contributed by atoms with van der Waals surface area (Å²) < 4.78 is 13.2. The van der Waals surface area contributed by atoms with Crippen LogP contribution in [0.5, 0.6) is 5.75 Å². The normalized spacial score (nSPS) is 14.1. The predicted molar refractivity (Wildman–Crippen MR) is 165 cm³/mol. The largest absolute Gasteiger partial charge is 0.422 e. The van der Waals surface area contributed by atoms with Crippen molar-refractivity contribution < 1.29 is 24.0 Å². The van der Waals surface area contributed by atoms with E-state index < -0.39 is 16.9 Å². The monoisotopic (exact) mass is 686 g/mol. The fraction of sp³-hybridized carbons (Fsp3) is 0.0357. The molecule has 3 heterocycles. The fourth-order valence-electron chi connectivity index (χ4n) is 4.13. The van der Waals surface area contributed by atoms with Crippen molar-refractivity contribution in [1.29, 1.82) is 0 Å². The third kappa shape index (κ3) is 5.15. The van der Waals surface area contributed by atoms with E-state index in [9.17, 15) is 19.7 Å². The number of aryl methyl sites for hydroxylation is 1. The number of cyclic esters (lactones) is 1. The Kier molecular flexibility index (Phi) is 7.16. The van der Waals surface area contributed by atoms with Gasteiger partial charge in [0.2, 0.25) is 5.90 Å². The molecule has 0 spiro atoms. The Balaban J connectivity index is 1.34. The summed E-state index contributed by atoms with van der Waals surface area (Å²) in [4.78, 5) is 41.5. The van der Waals surface area contributed by atoms with E-state index in [1.165, 1.54) is 35.6 Å². The molecule has 6 rings (SSSR count). The highest BCUT2D eigenvalue weighted by Gasteiger charge is 2.29. The molecule has 0 fully saturated rings. The van der Waals surface area contributed by atoms with E-state index in [4.69, 9.17) is 32.7 Å². The standard InChI is InChI=1S/C28H13BrCl2N2O6S2/c1-12-2-5-16-20(8-12)41-25(23(16)31)28(35)38-19-7-3-14(29)9-13(19)10-18-27(34)39-26(32-18)24-22(30)17-6-4-15(33(36)37)11-21(17)40-24/h2-11H,1H3/b18-10+. The van der Waals surface area contributed by atoms with Crippen LogP contribution in [0.15, 0.2) is 69.8 Å². The summed E-state index contributed by atoms with van der Waals surface area (Å²) in [5.41, 5.74) is 1.29. The maximum atomic E-state index is 13.2. The Hall–Kier alpha value is -3.61. The lowest BCUT2D eigenvalue weighted by Crippen LogP contribution is -2.08. The summed E-state index contributed by atoms with van der Waals surface area (Å²) in [6, 6.07) is 15.0. The lowest BCUT2D eigenvalue weighted by atomic mass is 10.1. The van der Waals surface area contributed by atoms with Gasteiger partial charge in [-0.1, -0.05) is 51.3 Å². The van der Waals surface area contributed by atoms with Gasteiger partial charge in [0.15, 0.2) is 5.70 Å². The molecule has 0 bridgehead atoms. The Morgan fingerprint density at radius 1 is 1.05 bits per heavy atom. The van der Waals surface area contributed by atoms with Gasteiger partial charge in [-0.2, -0.15) is 0 Å². The summed E-state index contributed by atoms with van der Waals surface area (Å²) in [6.45, 7) is 1.95. The first-order valence-corrected chi connectivity index (χ1v) is 14.9. The molecule has 0 aliphatic carbocycles. The summed E-state index contributed by atoms with van der Waals surface area (Å²) in [6.07, 6.45) is 1.44. The van der Waals surface area contributed by atoms with Gasteiger partial charge in [0.25, 0.3) is 5.69 Å². The molecule has 41 heavy (non-hydrogen) atoms. The van der Waals surface area contributed by atoms with Crippen LogP contribution in [0.1, 0.15) is 25.7 Å². The van der Waals surface area contributed by atoms with Crippen LogP contribution in [0.25, 0.3) is 26.2 Å². The quantitative estimate of drug-likeness (QED) is 0.0600. The minimum atomic E-state index is -0.736. The number of nitrogens with zero attached hydrogens (tertiary/aromatic N) is 2. The number of carbonyl (C=O) groups is 2. The number of esters is 2. The van der Waals surface area contributed by atoms with Crippen molar-refractivity contribution in [2.75, 3.05) is 0 Å². The maximum absolute atomic E-state index is 13.2. The average Bonchev–Trinajstić information content (AvgIpc) is 3.57. The third-order valence-corrected chi connectivity index (χ3v) is 9.85. The second-order valence-electron chi connectivity index (χ2n) is 8.84. The molecule has 1 aliphatic heterocycles. The average molecular weight is 688 g/mol. The number of hydrogen-bond donors (Lipinski definition) is 0. The number of aliphatic imine (C=N–C) groups is 1. The highest BCUT2D eigenvalue weighted by Crippen LogP contribution is 2.40. The zero-order chi connectivity index (χ0) is 29.0. The number of non-ortho nitro benzene ring substituents is 1. The van der Waals surface area contributed by atoms with Gasteiger partial charge in [-0.25, -0.2) is 14.6 Å². The lowest BCUT2D eigenvalue weighted by molar-refractivity contribution is -0.384. The predicted octanol–water partition coefficient (Wildman–Crippen LogP) is 8.97. The van der Waals surface area contributed by atoms with E-state index in [-0.39, 0.29) is 32.9 Å². The number of thiophene rings is 2. The minimum absolute atomic E-state index is 0.0315. The molecular weight excluding hydrogens is 675 g/mol. The highest BCUT2D eigenvalue weighted by atomic mass is 79.9. The smallest absolute Gasteiger partial charge is 0.363 e. The fourth-order valence-corrected chi connectivity index (χ4v) is 7.47. The maximum Gasteiger partial charge on any atom is 0.363 e. The second kappa shape index (κ2) is 10.7. The molecular formula is C28H13BrCl2N2O6S2. The molecule has 0 atom stereocenters. The van der Waals surface area contributed by atoms with Crippen molar-refractivity contribution in [3.8, 4) is 5.75 Å². The van der Waals surface area contributed by atoms with Crippen LogP contribution >= 0.6 is 61.8 Å². The van der Waals surface area contributed by atoms with Gasteiger partial charge in [-0.05, 0) is 48.9 Å². The summed E-state index contributed by atoms with van der Waals surface area (Å²) in [5, 5.41) is 13.1. The molecule has 5 aromatic rings. The van der Waals surface area contributed by atoms with Crippen molar-refractivity contribution >= 4 is 112 Å². The van der Waals surface area contributed by atoms with Gasteiger partial charge in [0.1, 0.15) is 15.5 Å². The van der Waals surface area contributed by atoms with Gasteiger partial charge < -0.3 is 9.47 Å². The van der Waals surface area contributed by atoms with Crippen molar-refractivity contribution in [1.82, 2.24) is 0 Å². The van der Waals surface area contributed by atoms with Crippen LogP contribution in [0.3, 0.4) is 0 Å². The van der Waals surface area contributed by atoms with Crippen LogP contribution in [-0.4, -0.2) is 22.8 Å². The number of fused-ring (bicyclic) bond motifs is 2. The zero-order valence-electron chi connectivity index (χ0n) is 20.6. The number of rotatable bonds is 5. The summed E-state index contributed by atoms with van der Waals surface area (Å²) in [5.74, 6) is -1.23. The molecule has 204 valence electrons. The zero-order valence-corrected chi connectivity index (χ0v) is 25.3. The lowest BCUT2D eigenvalue weighted by Gasteiger charge is -2.08. The Morgan fingerprint density at radius 3 is 2.56 bits per heavy atom. The van der Waals surface area contributed by atoms with E-state index in [2.05, 4.69) is 20.9 Å². The molecule has 3 aromatic carbocycles. The molecule has 8 nitrogen and oxygen atoms in total. The van der Waals surface area contributed by atoms with E-state index >= 15 is 0 Å². The van der Waals surface area contributed by atoms with Gasteiger partial charge >= 0.3 is 11.9 Å². The number of nitro benzene ring substituents is 1. The van der Waals surface area contributed by atoms with Crippen LogP contribution < -0.4 is 4.74 Å². The van der Waals surface area contributed by atoms with Crippen molar-refractivity contribution in [2.45, 2.75) is 6.92 Å². The molecule has 0 saturated carbocycles. The molecule has 0 radical (unpaired) electrons. The highest BCUT2D eigenvalue weighted by molar-refractivity contribution is 9.10. The Bertz CT molecular complexity index is 2030. The van der Waals surface area contributed by atoms with Crippen molar-refractivity contribution in [3.05, 3.63) is 106 Å². The Morgan fingerprint density at radius 2 is 1.78 bits per heavy atom. The van der Waals surface area contributed by atoms with Crippen LogP contribution in [0.2, 0.25) is 10.0 Å². The van der Waals surface area contributed by atoms with Gasteiger partial charge in [0, 0.05) is 42.3 Å². The molecule has 0 amide bonds. The minimum Gasteiger partial charge on any atom is -0.422 e. The van der Waals surface area contributed by atoms with Crippen LogP contribution in [-0.2, 0) is 9.53 Å². The van der Waals surface area contributed by atoms with E-state index in [0.29, 0.717) is 30.0 Å². The van der Waals surface area contributed by atoms with E-state index in [0.717, 1.165) is 27.0 Å². The molecule has 2 aromatic heterocycles. The second-order valence-corrected chi connectivity index (χ2v) is 12.6. The van der Waals surface area contributed by atoms with Crippen LogP contribution in [0, 0.1) is 17.0 Å². The summed E-state index contributed by atoms with van der Waals surface area (Å²) >= 11 is 18.8. The molecule has 1 aliphatic rings. The van der Waals surface area contributed by atoms with Crippen molar-refractivity contribution in [2.24, 2.45) is 4.99 Å². The molecule has 0 saturated heterocycles. The van der Waals surface area contributed by atoms with Gasteiger partial charge in [-0.15, -0.1) is 22.7 Å². The number of benzene rings is 3. The van der Waals surface area contributed by atoms with Crippen molar-refractivity contribution in [3.63, 3.8) is 0 Å². The van der Waals surface area contributed by atoms with Gasteiger partial charge in [-0.3, -0.25) is 10.1 Å². The topological polar surface area (TPSA) is 108 Å². The van der Waals surface area contributed by atoms with E-state index in [1.807, 2.05) is 25.1 Å². The molecule has 0 N–H and O–H groups in total. The first-order chi connectivity index (χ1) is 19.6. The number of hydrogen-bond acceptors (Lipinski definition) is 9. The molecule has 0 unspecified atom stereocenters.